The molecule has 104 valence electrons. The second-order valence-electron chi connectivity index (χ2n) is 6.03. The number of nitrogens with one attached hydrogen (secondary N) is 1. The fraction of sp³-hybridized carbons (Fsp3) is 0.929. The Morgan fingerprint density at radius 2 is 2.00 bits per heavy atom. The molecule has 0 spiro atoms. The van der Waals surface area contributed by atoms with E-state index in [-0.39, 0.29) is 11.9 Å². The van der Waals surface area contributed by atoms with Gasteiger partial charge in [-0.1, -0.05) is 13.3 Å². The van der Waals surface area contributed by atoms with Gasteiger partial charge >= 0.3 is 0 Å². The van der Waals surface area contributed by atoms with Gasteiger partial charge in [-0.25, -0.2) is 0 Å². The predicted molar refractivity (Wildman–Crippen MR) is 73.2 cm³/mol. The van der Waals surface area contributed by atoms with Crippen LogP contribution in [0.25, 0.3) is 0 Å². The van der Waals surface area contributed by atoms with E-state index in [4.69, 9.17) is 5.73 Å². The molecule has 2 unspecified atom stereocenters. The van der Waals surface area contributed by atoms with Crippen LogP contribution in [0.15, 0.2) is 0 Å². The molecule has 4 nitrogen and oxygen atoms in total. The van der Waals surface area contributed by atoms with Gasteiger partial charge < -0.3 is 16.0 Å². The Hall–Kier alpha value is -0.610. The van der Waals surface area contributed by atoms with Gasteiger partial charge in [0.25, 0.3) is 0 Å². The Kier molecular flexibility index (Phi) is 4.62. The molecule has 0 aromatic rings. The molecule has 3 atom stereocenters. The van der Waals surface area contributed by atoms with Gasteiger partial charge in [0.15, 0.2) is 0 Å². The second kappa shape index (κ2) is 6.02. The standard InChI is InChI=1S/C14H27N3O/c1-3-4-13(15)14(18)16-9-10-7-11-5-6-12(8-10)17(11)2/h10-13H,3-9,15H2,1-2H3,(H,16,18)/t10?,11?,12?,13-/m0/s1. The molecule has 2 rings (SSSR count). The molecule has 2 aliphatic rings. The largest absolute Gasteiger partial charge is 0.354 e. The molecule has 0 saturated carbocycles. The summed E-state index contributed by atoms with van der Waals surface area (Å²) < 4.78 is 0. The van der Waals surface area contributed by atoms with Gasteiger partial charge in [0.05, 0.1) is 6.04 Å². The van der Waals surface area contributed by atoms with E-state index in [9.17, 15) is 4.79 Å². The summed E-state index contributed by atoms with van der Waals surface area (Å²) >= 11 is 0. The minimum atomic E-state index is -0.321. The van der Waals surface area contributed by atoms with Crippen LogP contribution in [0.4, 0.5) is 0 Å². The first-order valence-corrected chi connectivity index (χ1v) is 7.37. The smallest absolute Gasteiger partial charge is 0.236 e. The van der Waals surface area contributed by atoms with Crippen molar-refractivity contribution in [3.05, 3.63) is 0 Å². The van der Waals surface area contributed by atoms with Crippen molar-refractivity contribution in [1.82, 2.24) is 10.2 Å². The minimum absolute atomic E-state index is 0.0307. The van der Waals surface area contributed by atoms with Gasteiger partial charge in [0.2, 0.25) is 5.91 Å². The van der Waals surface area contributed by atoms with E-state index in [0.29, 0.717) is 5.92 Å². The van der Waals surface area contributed by atoms with Crippen molar-refractivity contribution in [1.29, 1.82) is 0 Å². The number of rotatable bonds is 5. The fourth-order valence-electron chi connectivity index (χ4n) is 3.51. The third kappa shape index (κ3) is 3.04. The summed E-state index contributed by atoms with van der Waals surface area (Å²) in [5.41, 5.74) is 5.81. The fourth-order valence-corrected chi connectivity index (χ4v) is 3.51. The molecule has 0 aliphatic carbocycles. The topological polar surface area (TPSA) is 58.4 Å². The second-order valence-corrected chi connectivity index (χ2v) is 6.03. The third-order valence-corrected chi connectivity index (χ3v) is 4.70. The van der Waals surface area contributed by atoms with Crippen molar-refractivity contribution in [2.45, 2.75) is 63.6 Å². The zero-order valence-corrected chi connectivity index (χ0v) is 11.7. The maximum absolute atomic E-state index is 11.8. The Morgan fingerprint density at radius 3 is 2.56 bits per heavy atom. The van der Waals surface area contributed by atoms with E-state index < -0.39 is 0 Å². The van der Waals surface area contributed by atoms with Crippen molar-refractivity contribution in [3.8, 4) is 0 Å². The van der Waals surface area contributed by atoms with Crippen LogP contribution in [0.2, 0.25) is 0 Å². The van der Waals surface area contributed by atoms with Crippen molar-refractivity contribution in [3.63, 3.8) is 0 Å². The number of nitrogens with two attached hydrogens (primary N) is 1. The summed E-state index contributed by atoms with van der Waals surface area (Å²) in [6.45, 7) is 2.87. The number of carbonyl (C=O) groups excluding carboxylic acids is 1. The molecule has 2 fully saturated rings. The van der Waals surface area contributed by atoms with Crippen molar-refractivity contribution < 1.29 is 4.79 Å². The van der Waals surface area contributed by atoms with Crippen LogP contribution >= 0.6 is 0 Å². The summed E-state index contributed by atoms with van der Waals surface area (Å²) in [5, 5.41) is 3.04. The van der Waals surface area contributed by atoms with Crippen LogP contribution in [0.5, 0.6) is 0 Å². The monoisotopic (exact) mass is 253 g/mol. The molecule has 2 aliphatic heterocycles. The number of piperidine rings is 1. The lowest BCUT2D eigenvalue weighted by Gasteiger charge is -2.36. The van der Waals surface area contributed by atoms with Gasteiger partial charge in [-0.3, -0.25) is 4.79 Å². The maximum Gasteiger partial charge on any atom is 0.236 e. The number of nitrogens with zero attached hydrogens (tertiary/aromatic N) is 1. The number of amides is 1. The molecular weight excluding hydrogens is 226 g/mol. The summed E-state index contributed by atoms with van der Waals surface area (Å²) in [7, 11) is 2.24. The van der Waals surface area contributed by atoms with Crippen molar-refractivity contribution in [2.75, 3.05) is 13.6 Å². The Bertz CT molecular complexity index is 281. The molecule has 1 amide bonds. The number of carbonyl (C=O) groups is 1. The summed E-state index contributed by atoms with van der Waals surface area (Å²) in [6, 6.07) is 1.17. The summed E-state index contributed by atoms with van der Waals surface area (Å²) in [6.07, 6.45) is 6.88. The van der Waals surface area contributed by atoms with Crippen LogP contribution in [-0.4, -0.2) is 42.5 Å². The predicted octanol–water partition coefficient (Wildman–Crippen LogP) is 1.10. The van der Waals surface area contributed by atoms with Gasteiger partial charge in [-0.05, 0) is 45.1 Å². The minimum Gasteiger partial charge on any atom is -0.354 e. The lowest BCUT2D eigenvalue weighted by molar-refractivity contribution is -0.122. The Balaban J connectivity index is 1.73. The first kappa shape index (κ1) is 13.8. The highest BCUT2D eigenvalue weighted by Gasteiger charge is 2.38. The van der Waals surface area contributed by atoms with E-state index >= 15 is 0 Å². The van der Waals surface area contributed by atoms with Crippen LogP contribution in [0.3, 0.4) is 0 Å². The number of hydrogen-bond acceptors (Lipinski definition) is 3. The molecule has 2 bridgehead atoms. The van der Waals surface area contributed by atoms with Crippen molar-refractivity contribution >= 4 is 5.91 Å². The molecule has 0 radical (unpaired) electrons. The molecule has 0 aromatic heterocycles. The van der Waals surface area contributed by atoms with E-state index in [1.54, 1.807) is 0 Å². The van der Waals surface area contributed by atoms with E-state index in [1.807, 2.05) is 0 Å². The van der Waals surface area contributed by atoms with Crippen LogP contribution in [0, 0.1) is 5.92 Å². The normalized spacial score (nSPS) is 33.4. The SMILES string of the molecule is CCC[C@H](N)C(=O)NCC1CC2CCC(C1)N2C. The number of hydrogen-bond donors (Lipinski definition) is 2. The maximum atomic E-state index is 11.8. The van der Waals surface area contributed by atoms with E-state index in [1.165, 1.54) is 25.7 Å². The zero-order valence-electron chi connectivity index (χ0n) is 11.7. The van der Waals surface area contributed by atoms with E-state index in [0.717, 1.165) is 31.5 Å². The van der Waals surface area contributed by atoms with Crippen LogP contribution in [-0.2, 0) is 4.79 Å². The quantitative estimate of drug-likeness (QED) is 0.771. The highest BCUT2D eigenvalue weighted by atomic mass is 16.2. The van der Waals surface area contributed by atoms with Gasteiger partial charge in [0, 0.05) is 18.6 Å². The zero-order chi connectivity index (χ0) is 13.1. The first-order valence-electron chi connectivity index (χ1n) is 7.37. The molecule has 2 saturated heterocycles. The Labute approximate surface area is 110 Å². The lowest BCUT2D eigenvalue weighted by atomic mass is 9.91. The molecule has 3 N–H and O–H groups in total. The van der Waals surface area contributed by atoms with Gasteiger partial charge in [0.1, 0.15) is 0 Å². The highest BCUT2D eigenvalue weighted by molar-refractivity contribution is 5.81. The van der Waals surface area contributed by atoms with Crippen molar-refractivity contribution in [2.24, 2.45) is 11.7 Å². The highest BCUT2D eigenvalue weighted by Crippen LogP contribution is 2.36. The summed E-state index contributed by atoms with van der Waals surface area (Å²) in [4.78, 5) is 14.3. The molecule has 2 heterocycles. The average molecular weight is 253 g/mol. The molecular formula is C14H27N3O. The van der Waals surface area contributed by atoms with Gasteiger partial charge in [-0.15, -0.1) is 0 Å². The molecule has 0 aromatic carbocycles. The van der Waals surface area contributed by atoms with Crippen LogP contribution in [0.1, 0.15) is 45.4 Å². The average Bonchev–Trinajstić information content (AvgIpc) is 2.59. The van der Waals surface area contributed by atoms with Crippen LogP contribution < -0.4 is 11.1 Å². The lowest BCUT2D eigenvalue weighted by Crippen LogP contribution is -2.46. The first-order chi connectivity index (χ1) is 8.61. The molecule has 4 heteroatoms. The number of fused-ring (bicyclic) bond motifs is 2. The van der Waals surface area contributed by atoms with Gasteiger partial charge in [-0.2, -0.15) is 0 Å². The molecule has 18 heavy (non-hydrogen) atoms. The third-order valence-electron chi connectivity index (χ3n) is 4.70. The summed E-state index contributed by atoms with van der Waals surface area (Å²) in [5.74, 6) is 0.680. The Morgan fingerprint density at radius 1 is 1.39 bits per heavy atom. The van der Waals surface area contributed by atoms with E-state index in [2.05, 4.69) is 24.2 Å².